The quantitative estimate of drug-likeness (QED) is 0.428. The first kappa shape index (κ1) is 22.4. The van der Waals surface area contributed by atoms with Crippen molar-refractivity contribution in [2.45, 2.75) is 33.0 Å². The molecule has 0 spiro atoms. The molecule has 0 aliphatic carbocycles. The molecule has 0 saturated carbocycles. The van der Waals surface area contributed by atoms with Crippen molar-refractivity contribution in [3.05, 3.63) is 87.6 Å². The van der Waals surface area contributed by atoms with E-state index in [4.69, 9.17) is 9.47 Å². The Balaban J connectivity index is 1.41. The molecule has 1 N–H and O–H groups in total. The third-order valence-corrected chi connectivity index (χ3v) is 6.19. The molecule has 0 radical (unpaired) electrons. The van der Waals surface area contributed by atoms with Gasteiger partial charge >= 0.3 is 5.97 Å². The zero-order valence-electron chi connectivity index (χ0n) is 19.2. The molecule has 0 fully saturated rings. The molecule has 1 aliphatic rings. The van der Waals surface area contributed by atoms with E-state index >= 15 is 0 Å². The molecule has 9 nitrogen and oxygen atoms in total. The van der Waals surface area contributed by atoms with Crippen LogP contribution in [0.2, 0.25) is 0 Å². The van der Waals surface area contributed by atoms with E-state index in [1.54, 1.807) is 18.2 Å². The lowest BCUT2D eigenvalue weighted by Crippen LogP contribution is -2.33. The first-order chi connectivity index (χ1) is 16.8. The van der Waals surface area contributed by atoms with Crippen LogP contribution in [0, 0.1) is 13.8 Å². The van der Waals surface area contributed by atoms with Crippen molar-refractivity contribution < 1.29 is 24.2 Å². The monoisotopic (exact) mass is 473 g/mol. The zero-order chi connectivity index (χ0) is 24.7. The maximum absolute atomic E-state index is 13.2. The third kappa shape index (κ3) is 4.05. The Labute approximate surface area is 200 Å². The summed E-state index contributed by atoms with van der Waals surface area (Å²) >= 11 is 0. The van der Waals surface area contributed by atoms with Crippen LogP contribution in [-0.4, -0.2) is 43.9 Å². The summed E-state index contributed by atoms with van der Waals surface area (Å²) in [5, 5.41) is 14.0. The Bertz CT molecular complexity index is 1530. The molecular formula is C26H23N3O6. The van der Waals surface area contributed by atoms with E-state index in [9.17, 15) is 19.5 Å². The van der Waals surface area contributed by atoms with E-state index in [1.165, 1.54) is 12.1 Å². The number of aromatic carboxylic acids is 1. The summed E-state index contributed by atoms with van der Waals surface area (Å²) in [6.07, 6.45) is -0.236. The lowest BCUT2D eigenvalue weighted by molar-refractivity contribution is 0.0688. The number of ether oxygens (including phenoxy) is 2. The number of carbonyl (C=O) groups excluding carboxylic acids is 1. The number of aryl methyl sites for hydroxylation is 1. The SMILES string of the molecule is Cc1cc(C(=O)Cn2nc(C(=O)O)c3ccccc3c2=O)c(C)n1CC1COc2ccccc2O1. The van der Waals surface area contributed by atoms with Crippen LogP contribution >= 0.6 is 0 Å². The fourth-order valence-electron chi connectivity index (χ4n) is 4.44. The van der Waals surface area contributed by atoms with E-state index in [0.29, 0.717) is 30.2 Å². The van der Waals surface area contributed by atoms with Crippen molar-refractivity contribution >= 4 is 22.5 Å². The Morgan fingerprint density at radius 3 is 2.49 bits per heavy atom. The molecule has 2 aromatic carbocycles. The highest BCUT2D eigenvalue weighted by molar-refractivity contribution is 6.01. The second-order valence-electron chi connectivity index (χ2n) is 8.48. The number of carboxylic acids is 1. The molecule has 4 aromatic rings. The van der Waals surface area contributed by atoms with Crippen LogP contribution in [0.25, 0.3) is 10.8 Å². The second-order valence-corrected chi connectivity index (χ2v) is 8.48. The van der Waals surface area contributed by atoms with Crippen molar-refractivity contribution in [2.24, 2.45) is 0 Å². The number of nitrogens with zero attached hydrogens (tertiary/aromatic N) is 3. The van der Waals surface area contributed by atoms with Gasteiger partial charge in [0.1, 0.15) is 13.2 Å². The highest BCUT2D eigenvalue weighted by Crippen LogP contribution is 2.31. The van der Waals surface area contributed by atoms with Crippen LogP contribution < -0.4 is 15.0 Å². The maximum atomic E-state index is 13.2. The van der Waals surface area contributed by atoms with E-state index in [-0.39, 0.29) is 34.9 Å². The van der Waals surface area contributed by atoms with Gasteiger partial charge in [-0.2, -0.15) is 5.10 Å². The van der Waals surface area contributed by atoms with Crippen molar-refractivity contribution in [3.8, 4) is 11.5 Å². The Kier molecular flexibility index (Phi) is 5.60. The fourth-order valence-corrected chi connectivity index (χ4v) is 4.44. The molecule has 35 heavy (non-hydrogen) atoms. The maximum Gasteiger partial charge on any atom is 0.357 e. The minimum absolute atomic E-state index is 0.202. The standard InChI is InChI=1S/C26H23N3O6/c1-15-11-20(16(2)28(15)12-17-14-34-22-9-5-6-10-23(22)35-17)21(30)13-29-25(31)19-8-4-3-7-18(19)24(27-29)26(32)33/h3-11,17H,12-14H2,1-2H3,(H,32,33). The largest absolute Gasteiger partial charge is 0.486 e. The van der Waals surface area contributed by atoms with Gasteiger partial charge in [-0.1, -0.05) is 30.3 Å². The second kappa shape index (κ2) is 8.75. The first-order valence-electron chi connectivity index (χ1n) is 11.1. The molecule has 0 amide bonds. The van der Waals surface area contributed by atoms with Gasteiger partial charge in [-0.3, -0.25) is 9.59 Å². The van der Waals surface area contributed by atoms with E-state index in [2.05, 4.69) is 5.10 Å². The number of ketones is 1. The third-order valence-electron chi connectivity index (χ3n) is 6.19. The van der Waals surface area contributed by atoms with Crippen molar-refractivity contribution in [3.63, 3.8) is 0 Å². The van der Waals surface area contributed by atoms with Gasteiger partial charge < -0.3 is 19.1 Å². The van der Waals surface area contributed by atoms with Gasteiger partial charge in [-0.25, -0.2) is 9.48 Å². The van der Waals surface area contributed by atoms with Crippen molar-refractivity contribution in [2.75, 3.05) is 6.61 Å². The number of carbonyl (C=O) groups is 2. The summed E-state index contributed by atoms with van der Waals surface area (Å²) in [4.78, 5) is 37.8. The van der Waals surface area contributed by atoms with Crippen molar-refractivity contribution in [1.82, 2.24) is 14.3 Å². The smallest absolute Gasteiger partial charge is 0.357 e. The number of Topliss-reactive ketones (excluding diaryl/α,β-unsaturated/α-hetero) is 1. The number of carboxylic acid groups (broad SMARTS) is 1. The molecule has 0 saturated heterocycles. The van der Waals surface area contributed by atoms with Gasteiger partial charge in [0, 0.05) is 22.3 Å². The number of fused-ring (bicyclic) bond motifs is 2. The highest BCUT2D eigenvalue weighted by atomic mass is 16.6. The number of hydrogen-bond acceptors (Lipinski definition) is 6. The highest BCUT2D eigenvalue weighted by Gasteiger charge is 2.25. The van der Waals surface area contributed by atoms with E-state index in [1.807, 2.05) is 42.7 Å². The summed E-state index contributed by atoms with van der Waals surface area (Å²) in [5.41, 5.74) is 1.24. The molecule has 178 valence electrons. The molecule has 1 atom stereocenters. The zero-order valence-corrected chi connectivity index (χ0v) is 19.2. The van der Waals surface area contributed by atoms with Crippen LogP contribution in [0.4, 0.5) is 0 Å². The van der Waals surface area contributed by atoms with Gasteiger partial charge in [0.2, 0.25) is 0 Å². The molecular weight excluding hydrogens is 450 g/mol. The molecule has 5 rings (SSSR count). The van der Waals surface area contributed by atoms with Crippen molar-refractivity contribution in [1.29, 1.82) is 0 Å². The Morgan fingerprint density at radius 2 is 1.74 bits per heavy atom. The Hall–Kier alpha value is -4.40. The fraction of sp³-hybridized carbons (Fsp3) is 0.231. The van der Waals surface area contributed by atoms with Crippen LogP contribution in [0.3, 0.4) is 0 Å². The average molecular weight is 473 g/mol. The Morgan fingerprint density at radius 1 is 1.06 bits per heavy atom. The van der Waals surface area contributed by atoms with E-state index in [0.717, 1.165) is 16.1 Å². The van der Waals surface area contributed by atoms with Gasteiger partial charge in [0.15, 0.2) is 29.1 Å². The molecule has 2 aromatic heterocycles. The molecule has 1 unspecified atom stereocenters. The number of para-hydroxylation sites is 2. The lowest BCUT2D eigenvalue weighted by atomic mass is 10.1. The predicted molar refractivity (Wildman–Crippen MR) is 128 cm³/mol. The number of aromatic nitrogens is 3. The average Bonchev–Trinajstić information content (AvgIpc) is 3.14. The van der Waals surface area contributed by atoms with Crippen LogP contribution in [0.1, 0.15) is 32.2 Å². The first-order valence-corrected chi connectivity index (χ1v) is 11.1. The summed E-state index contributed by atoms with van der Waals surface area (Å²) < 4.78 is 14.8. The minimum atomic E-state index is -1.27. The minimum Gasteiger partial charge on any atom is -0.486 e. The number of rotatable bonds is 6. The lowest BCUT2D eigenvalue weighted by Gasteiger charge is -2.27. The van der Waals surface area contributed by atoms with Crippen LogP contribution in [-0.2, 0) is 13.1 Å². The predicted octanol–water partition coefficient (Wildman–Crippen LogP) is 3.24. The van der Waals surface area contributed by atoms with Crippen LogP contribution in [0.5, 0.6) is 11.5 Å². The molecule has 3 heterocycles. The molecule has 1 aliphatic heterocycles. The van der Waals surface area contributed by atoms with E-state index < -0.39 is 11.5 Å². The van der Waals surface area contributed by atoms with Crippen LogP contribution in [0.15, 0.2) is 59.4 Å². The van der Waals surface area contributed by atoms with Gasteiger partial charge in [0.05, 0.1) is 11.9 Å². The summed E-state index contributed by atoms with van der Waals surface area (Å²) in [5.74, 6) is -0.221. The summed E-state index contributed by atoms with van der Waals surface area (Å²) in [7, 11) is 0. The topological polar surface area (TPSA) is 113 Å². The molecule has 9 heteroatoms. The number of hydrogen-bond donors (Lipinski definition) is 1. The van der Waals surface area contributed by atoms with Gasteiger partial charge in [-0.05, 0) is 38.1 Å². The summed E-state index contributed by atoms with van der Waals surface area (Å²) in [6.45, 7) is 4.22. The van der Waals surface area contributed by atoms with Gasteiger partial charge in [0.25, 0.3) is 5.56 Å². The summed E-state index contributed by atoms with van der Waals surface area (Å²) in [6, 6.07) is 15.6. The van der Waals surface area contributed by atoms with Gasteiger partial charge in [-0.15, -0.1) is 0 Å². The number of benzene rings is 2. The molecule has 0 bridgehead atoms. The normalized spacial score (nSPS) is 14.7.